The van der Waals surface area contributed by atoms with Crippen LogP contribution in [-0.4, -0.2) is 22.5 Å². The third-order valence-corrected chi connectivity index (χ3v) is 4.39. The van der Waals surface area contributed by atoms with Crippen molar-refractivity contribution in [3.63, 3.8) is 0 Å². The maximum Gasteiger partial charge on any atom is 0.338 e. The summed E-state index contributed by atoms with van der Waals surface area (Å²) in [5.41, 5.74) is 2.46. The number of carbonyl (C=O) groups excluding carboxylic acids is 1. The molecule has 3 aromatic rings. The monoisotopic (exact) mass is 391 g/mol. The molecule has 0 aliphatic rings. The summed E-state index contributed by atoms with van der Waals surface area (Å²) >= 11 is 0. The molecule has 1 N–H and O–H groups in total. The highest BCUT2D eigenvalue weighted by molar-refractivity contribution is 5.91. The second-order valence-electron chi connectivity index (χ2n) is 6.40. The van der Waals surface area contributed by atoms with Crippen LogP contribution in [0, 0.1) is 10.1 Å². The fourth-order valence-corrected chi connectivity index (χ4v) is 2.92. The first kappa shape index (κ1) is 20.0. The number of hydrogen-bond donors (Lipinski definition) is 1. The van der Waals surface area contributed by atoms with Gasteiger partial charge in [0.25, 0.3) is 0 Å². The van der Waals surface area contributed by atoms with Crippen molar-refractivity contribution in [3.8, 4) is 11.3 Å². The van der Waals surface area contributed by atoms with Crippen LogP contribution in [-0.2, 0) is 4.74 Å². The molecular weight excluding hydrogens is 370 g/mol. The van der Waals surface area contributed by atoms with E-state index >= 15 is 0 Å². The summed E-state index contributed by atoms with van der Waals surface area (Å²) in [5, 5.41) is 14.6. The van der Waals surface area contributed by atoms with E-state index in [2.05, 4.69) is 10.3 Å². The molecule has 1 heterocycles. The number of carbonyl (C=O) groups is 1. The predicted molar refractivity (Wildman–Crippen MR) is 111 cm³/mol. The van der Waals surface area contributed by atoms with E-state index in [0.29, 0.717) is 16.8 Å². The molecule has 0 saturated heterocycles. The highest BCUT2D eigenvalue weighted by atomic mass is 16.6. The van der Waals surface area contributed by atoms with Crippen molar-refractivity contribution < 1.29 is 14.5 Å². The lowest BCUT2D eigenvalue weighted by molar-refractivity contribution is -0.384. The third kappa shape index (κ3) is 4.76. The lowest BCUT2D eigenvalue weighted by Crippen LogP contribution is -2.10. The molecule has 7 nitrogen and oxygen atoms in total. The molecule has 1 aromatic heterocycles. The summed E-state index contributed by atoms with van der Waals surface area (Å²) in [4.78, 5) is 27.5. The molecule has 0 fully saturated rings. The van der Waals surface area contributed by atoms with E-state index in [4.69, 9.17) is 4.74 Å². The van der Waals surface area contributed by atoms with Gasteiger partial charge in [-0.05, 0) is 37.6 Å². The van der Waals surface area contributed by atoms with Crippen molar-refractivity contribution in [1.82, 2.24) is 4.98 Å². The number of hydrogen-bond acceptors (Lipinski definition) is 6. The molecule has 148 valence electrons. The third-order valence-electron chi connectivity index (χ3n) is 4.39. The van der Waals surface area contributed by atoms with E-state index in [0.717, 1.165) is 5.56 Å². The van der Waals surface area contributed by atoms with Gasteiger partial charge in [0.2, 0.25) is 5.82 Å². The van der Waals surface area contributed by atoms with E-state index in [-0.39, 0.29) is 24.2 Å². The smallest absolute Gasteiger partial charge is 0.338 e. The van der Waals surface area contributed by atoms with Gasteiger partial charge in [0, 0.05) is 11.6 Å². The number of aromatic nitrogens is 1. The predicted octanol–water partition coefficient (Wildman–Crippen LogP) is 5.01. The van der Waals surface area contributed by atoms with Crippen molar-refractivity contribution >= 4 is 17.5 Å². The number of benzene rings is 2. The molecule has 0 bridgehead atoms. The minimum absolute atomic E-state index is 0.113. The number of rotatable bonds is 7. The van der Waals surface area contributed by atoms with Gasteiger partial charge in [0.1, 0.15) is 0 Å². The molecule has 0 aliphatic heterocycles. The summed E-state index contributed by atoms with van der Waals surface area (Å²) in [6, 6.07) is 19.3. The van der Waals surface area contributed by atoms with Crippen LogP contribution >= 0.6 is 0 Å². The zero-order valence-electron chi connectivity index (χ0n) is 16.2. The number of ether oxygens (including phenoxy) is 1. The van der Waals surface area contributed by atoms with Crippen LogP contribution in [0.2, 0.25) is 0 Å². The van der Waals surface area contributed by atoms with Gasteiger partial charge in [-0.25, -0.2) is 9.78 Å². The van der Waals surface area contributed by atoms with Gasteiger partial charge in [0.05, 0.1) is 28.8 Å². The largest absolute Gasteiger partial charge is 0.462 e. The Morgan fingerprint density at radius 2 is 1.90 bits per heavy atom. The highest BCUT2D eigenvalue weighted by Crippen LogP contribution is 2.30. The standard InChI is InChI=1S/C22H21N3O4/c1-3-29-22(26)18-11-7-10-17(14-18)19-12-13-20(25(27)28)21(24-19)23-15(2)16-8-5-4-6-9-16/h4-15H,3H2,1-2H3,(H,23,24)/t15-/m1/s1. The molecule has 0 spiro atoms. The second-order valence-corrected chi connectivity index (χ2v) is 6.40. The van der Waals surface area contributed by atoms with Crippen molar-refractivity contribution in [3.05, 3.63) is 88.0 Å². The Morgan fingerprint density at radius 3 is 2.59 bits per heavy atom. The summed E-state index contributed by atoms with van der Waals surface area (Å²) in [5.74, 6) is -0.252. The molecule has 0 saturated carbocycles. The van der Waals surface area contributed by atoms with Crippen molar-refractivity contribution in [2.24, 2.45) is 0 Å². The molecule has 0 aliphatic carbocycles. The zero-order chi connectivity index (χ0) is 20.8. The average molecular weight is 391 g/mol. The molecule has 2 aromatic carbocycles. The topological polar surface area (TPSA) is 94.4 Å². The van der Waals surface area contributed by atoms with E-state index < -0.39 is 10.9 Å². The molecular formula is C22H21N3O4. The SMILES string of the molecule is CCOC(=O)c1cccc(-c2ccc([N+](=O)[O-])c(N[C@H](C)c3ccccc3)n2)c1. The number of pyridine rings is 1. The molecule has 0 unspecified atom stereocenters. The van der Waals surface area contributed by atoms with Crippen LogP contribution in [0.3, 0.4) is 0 Å². The van der Waals surface area contributed by atoms with Gasteiger partial charge < -0.3 is 10.1 Å². The van der Waals surface area contributed by atoms with E-state index in [9.17, 15) is 14.9 Å². The van der Waals surface area contributed by atoms with Crippen LogP contribution in [0.25, 0.3) is 11.3 Å². The van der Waals surface area contributed by atoms with E-state index in [1.54, 1.807) is 37.3 Å². The highest BCUT2D eigenvalue weighted by Gasteiger charge is 2.19. The van der Waals surface area contributed by atoms with Gasteiger partial charge in [-0.2, -0.15) is 0 Å². The number of nitrogens with one attached hydrogen (secondary N) is 1. The molecule has 1 atom stereocenters. The maximum atomic E-state index is 12.0. The number of nitro groups is 1. The van der Waals surface area contributed by atoms with Crippen LogP contribution in [0.15, 0.2) is 66.7 Å². The first-order chi connectivity index (χ1) is 14.0. The lowest BCUT2D eigenvalue weighted by atomic mass is 10.1. The summed E-state index contributed by atoms with van der Waals surface area (Å²) in [6.45, 7) is 3.94. The first-order valence-corrected chi connectivity index (χ1v) is 9.24. The van der Waals surface area contributed by atoms with Crippen LogP contribution in [0.5, 0.6) is 0 Å². The van der Waals surface area contributed by atoms with Gasteiger partial charge in [-0.1, -0.05) is 42.5 Å². The molecule has 7 heteroatoms. The Kier molecular flexibility index (Phi) is 6.19. The van der Waals surface area contributed by atoms with Crippen LogP contribution < -0.4 is 5.32 Å². The van der Waals surface area contributed by atoms with Crippen molar-refractivity contribution in [2.45, 2.75) is 19.9 Å². The Bertz CT molecular complexity index is 1020. The fourth-order valence-electron chi connectivity index (χ4n) is 2.92. The van der Waals surface area contributed by atoms with Crippen LogP contribution in [0.1, 0.15) is 35.8 Å². The van der Waals surface area contributed by atoms with Gasteiger partial charge in [0.15, 0.2) is 0 Å². The van der Waals surface area contributed by atoms with Crippen LogP contribution in [0.4, 0.5) is 11.5 Å². The minimum atomic E-state index is -0.466. The van der Waals surface area contributed by atoms with Gasteiger partial charge in [-0.15, -0.1) is 0 Å². The quantitative estimate of drug-likeness (QED) is 0.346. The van der Waals surface area contributed by atoms with E-state index in [1.165, 1.54) is 6.07 Å². The van der Waals surface area contributed by atoms with Crippen molar-refractivity contribution in [2.75, 3.05) is 11.9 Å². The Hall–Kier alpha value is -3.74. The molecule has 29 heavy (non-hydrogen) atoms. The number of nitrogens with zero attached hydrogens (tertiary/aromatic N) is 2. The normalized spacial score (nSPS) is 11.5. The van der Waals surface area contributed by atoms with Crippen molar-refractivity contribution in [1.29, 1.82) is 0 Å². The lowest BCUT2D eigenvalue weighted by Gasteiger charge is -2.15. The first-order valence-electron chi connectivity index (χ1n) is 9.24. The van der Waals surface area contributed by atoms with Gasteiger partial charge in [-0.3, -0.25) is 10.1 Å². The fraction of sp³-hybridized carbons (Fsp3) is 0.182. The van der Waals surface area contributed by atoms with Gasteiger partial charge >= 0.3 is 11.7 Å². The molecule has 3 rings (SSSR count). The number of esters is 1. The Balaban J connectivity index is 1.96. The van der Waals surface area contributed by atoms with E-state index in [1.807, 2.05) is 37.3 Å². The average Bonchev–Trinajstić information content (AvgIpc) is 2.74. The summed E-state index contributed by atoms with van der Waals surface area (Å²) < 4.78 is 5.03. The zero-order valence-corrected chi connectivity index (χ0v) is 16.2. The Labute approximate surface area is 168 Å². The summed E-state index contributed by atoms with van der Waals surface area (Å²) in [6.07, 6.45) is 0. The Morgan fingerprint density at radius 1 is 1.14 bits per heavy atom. The molecule has 0 amide bonds. The summed E-state index contributed by atoms with van der Waals surface area (Å²) in [7, 11) is 0. The second kappa shape index (κ2) is 8.97. The maximum absolute atomic E-state index is 12.0. The molecule has 0 radical (unpaired) electrons. The minimum Gasteiger partial charge on any atom is -0.462 e. The number of anilines is 1.